The minimum atomic E-state index is -1.59. The lowest BCUT2D eigenvalue weighted by Gasteiger charge is -2.22. The number of fused-ring (bicyclic) bond motifs is 2. The van der Waals surface area contributed by atoms with Gasteiger partial charge in [0.2, 0.25) is 5.54 Å². The number of anilines is 1. The van der Waals surface area contributed by atoms with Gasteiger partial charge < -0.3 is 10.2 Å². The van der Waals surface area contributed by atoms with Gasteiger partial charge >= 0.3 is 6.03 Å². The number of nitrogens with one attached hydrogen (secondary N) is 2. The molecule has 0 bridgehead atoms. The normalized spacial score (nSPS) is 24.4. The van der Waals surface area contributed by atoms with Crippen molar-refractivity contribution in [1.82, 2.24) is 10.6 Å². The van der Waals surface area contributed by atoms with Crippen LogP contribution >= 0.6 is 0 Å². The molecule has 1 atom stereocenters. The maximum absolute atomic E-state index is 12.7. The summed E-state index contributed by atoms with van der Waals surface area (Å²) in [5.74, 6) is -0.746. The third-order valence-electron chi connectivity index (χ3n) is 3.58. The Bertz CT molecular complexity index is 626. The maximum Gasteiger partial charge on any atom is 0.323 e. The molecule has 0 saturated carbocycles. The smallest absolute Gasteiger partial charge is 0.312 e. The lowest BCUT2D eigenvalue weighted by atomic mass is 9.92. The van der Waals surface area contributed by atoms with Crippen molar-refractivity contribution >= 4 is 23.5 Å². The van der Waals surface area contributed by atoms with E-state index in [4.69, 9.17) is 0 Å². The van der Waals surface area contributed by atoms with Crippen molar-refractivity contribution in [1.29, 1.82) is 0 Å². The highest BCUT2D eigenvalue weighted by atomic mass is 16.2. The van der Waals surface area contributed by atoms with Gasteiger partial charge in [-0.2, -0.15) is 0 Å². The number of carbonyl (C=O) groups excluding carboxylic acids is 3. The van der Waals surface area contributed by atoms with Gasteiger partial charge in [0.1, 0.15) is 0 Å². The molecular weight excluding hydrogens is 258 g/mol. The van der Waals surface area contributed by atoms with Gasteiger partial charge in [0.25, 0.3) is 11.8 Å². The first-order valence-electron chi connectivity index (χ1n) is 6.52. The van der Waals surface area contributed by atoms with Crippen molar-refractivity contribution < 1.29 is 14.4 Å². The van der Waals surface area contributed by atoms with E-state index < -0.39 is 23.4 Å². The Hall–Kier alpha value is -2.37. The largest absolute Gasteiger partial charge is 0.323 e. The van der Waals surface area contributed by atoms with Crippen LogP contribution in [0, 0.1) is 5.92 Å². The molecule has 1 spiro atoms. The second-order valence-corrected chi connectivity index (χ2v) is 5.49. The number of benzene rings is 1. The van der Waals surface area contributed by atoms with Crippen LogP contribution in [0.3, 0.4) is 0 Å². The molecule has 104 valence electrons. The summed E-state index contributed by atoms with van der Waals surface area (Å²) in [5, 5.41) is 4.66. The molecular formula is C14H15N3O3. The summed E-state index contributed by atoms with van der Waals surface area (Å²) >= 11 is 0. The second kappa shape index (κ2) is 4.06. The molecule has 1 fully saturated rings. The zero-order chi connectivity index (χ0) is 14.5. The summed E-state index contributed by atoms with van der Waals surface area (Å²) in [6, 6.07) is 6.43. The molecule has 6 nitrogen and oxygen atoms in total. The summed E-state index contributed by atoms with van der Waals surface area (Å²) in [4.78, 5) is 38.0. The topological polar surface area (TPSA) is 78.5 Å². The van der Waals surface area contributed by atoms with Crippen LogP contribution in [-0.4, -0.2) is 24.4 Å². The fraction of sp³-hybridized carbons (Fsp3) is 0.357. The molecule has 6 heteroatoms. The molecule has 1 aromatic carbocycles. The van der Waals surface area contributed by atoms with Crippen LogP contribution in [0.2, 0.25) is 0 Å². The molecule has 2 heterocycles. The van der Waals surface area contributed by atoms with Crippen LogP contribution < -0.4 is 15.5 Å². The summed E-state index contributed by atoms with van der Waals surface area (Å²) in [6.45, 7) is 4.49. The van der Waals surface area contributed by atoms with Gasteiger partial charge in [-0.25, -0.2) is 4.79 Å². The number of hydrogen-bond acceptors (Lipinski definition) is 3. The summed E-state index contributed by atoms with van der Waals surface area (Å²) < 4.78 is 0. The zero-order valence-electron chi connectivity index (χ0n) is 11.3. The van der Waals surface area contributed by atoms with E-state index >= 15 is 0 Å². The van der Waals surface area contributed by atoms with Crippen LogP contribution in [0.25, 0.3) is 0 Å². The summed E-state index contributed by atoms with van der Waals surface area (Å²) in [6.07, 6.45) is 0. The van der Waals surface area contributed by atoms with Crippen LogP contribution in [0.1, 0.15) is 19.4 Å². The van der Waals surface area contributed by atoms with E-state index in [9.17, 15) is 14.4 Å². The minimum Gasteiger partial charge on any atom is -0.312 e. The Morgan fingerprint density at radius 3 is 2.50 bits per heavy atom. The van der Waals surface area contributed by atoms with Crippen molar-refractivity contribution in [3.05, 3.63) is 29.8 Å². The van der Waals surface area contributed by atoms with Crippen LogP contribution in [0.5, 0.6) is 0 Å². The molecule has 2 N–H and O–H groups in total. The summed E-state index contributed by atoms with van der Waals surface area (Å²) in [7, 11) is 0. The van der Waals surface area contributed by atoms with Gasteiger partial charge in [0.05, 0.1) is 5.69 Å². The van der Waals surface area contributed by atoms with Gasteiger partial charge in [-0.15, -0.1) is 0 Å². The first-order valence-corrected chi connectivity index (χ1v) is 6.52. The maximum atomic E-state index is 12.7. The van der Waals surface area contributed by atoms with Crippen molar-refractivity contribution in [3.63, 3.8) is 0 Å². The molecule has 0 aliphatic carbocycles. The Morgan fingerprint density at radius 2 is 1.90 bits per heavy atom. The SMILES string of the molecule is CC(C)CN1C(=O)C2(NC(=O)NC2=O)c2ccccc21. The number of nitrogens with zero attached hydrogens (tertiary/aromatic N) is 1. The molecule has 1 aromatic rings. The van der Waals surface area contributed by atoms with E-state index in [0.717, 1.165) is 0 Å². The molecule has 0 aromatic heterocycles. The highest BCUT2D eigenvalue weighted by Gasteiger charge is 2.61. The highest BCUT2D eigenvalue weighted by Crippen LogP contribution is 2.42. The minimum absolute atomic E-state index is 0.252. The van der Waals surface area contributed by atoms with Crippen LogP contribution in [0.15, 0.2) is 24.3 Å². The highest BCUT2D eigenvalue weighted by molar-refractivity contribution is 6.27. The lowest BCUT2D eigenvalue weighted by Crippen LogP contribution is -2.52. The van der Waals surface area contributed by atoms with E-state index in [0.29, 0.717) is 17.8 Å². The van der Waals surface area contributed by atoms with Crippen LogP contribution in [-0.2, 0) is 15.1 Å². The predicted octanol–water partition coefficient (Wildman–Crippen LogP) is 0.724. The van der Waals surface area contributed by atoms with Crippen molar-refractivity contribution in [2.45, 2.75) is 19.4 Å². The number of rotatable bonds is 2. The number of amides is 4. The molecule has 2 aliphatic heterocycles. The Labute approximate surface area is 116 Å². The molecule has 20 heavy (non-hydrogen) atoms. The molecule has 0 radical (unpaired) electrons. The number of imide groups is 1. The predicted molar refractivity (Wildman–Crippen MR) is 72.0 cm³/mol. The Balaban J connectivity index is 2.17. The van der Waals surface area contributed by atoms with Gasteiger partial charge in [-0.05, 0) is 12.0 Å². The number of para-hydroxylation sites is 1. The molecule has 4 amide bonds. The molecule has 1 unspecified atom stereocenters. The third kappa shape index (κ3) is 1.47. The fourth-order valence-corrected chi connectivity index (χ4v) is 2.79. The van der Waals surface area contributed by atoms with Gasteiger partial charge in [-0.3, -0.25) is 14.9 Å². The van der Waals surface area contributed by atoms with E-state index in [-0.39, 0.29) is 5.92 Å². The Morgan fingerprint density at radius 1 is 1.20 bits per heavy atom. The van der Waals surface area contributed by atoms with Gasteiger partial charge in [-0.1, -0.05) is 32.0 Å². The van der Waals surface area contributed by atoms with Crippen molar-refractivity contribution in [2.75, 3.05) is 11.4 Å². The number of hydrogen-bond donors (Lipinski definition) is 2. The Kier molecular flexibility index (Phi) is 2.57. The number of carbonyl (C=O) groups is 3. The monoisotopic (exact) mass is 273 g/mol. The van der Waals surface area contributed by atoms with E-state index in [2.05, 4.69) is 10.6 Å². The average molecular weight is 273 g/mol. The standard InChI is InChI=1S/C14H15N3O3/c1-8(2)7-17-10-6-4-3-5-9(10)14(12(17)19)11(18)15-13(20)16-14/h3-6,8H,7H2,1-2H3,(H2,15,16,18,20). The van der Waals surface area contributed by atoms with Gasteiger partial charge in [0, 0.05) is 12.1 Å². The fourth-order valence-electron chi connectivity index (χ4n) is 2.79. The second-order valence-electron chi connectivity index (χ2n) is 5.49. The molecule has 3 rings (SSSR count). The van der Waals surface area contributed by atoms with Crippen molar-refractivity contribution in [3.8, 4) is 0 Å². The van der Waals surface area contributed by atoms with E-state index in [1.165, 1.54) is 0 Å². The molecule has 1 saturated heterocycles. The third-order valence-corrected chi connectivity index (χ3v) is 3.58. The van der Waals surface area contributed by atoms with Crippen LogP contribution in [0.4, 0.5) is 10.5 Å². The summed E-state index contributed by atoms with van der Waals surface area (Å²) in [5.41, 5.74) is -0.375. The lowest BCUT2D eigenvalue weighted by molar-refractivity contribution is -0.134. The van der Waals surface area contributed by atoms with Gasteiger partial charge in [0.15, 0.2) is 0 Å². The average Bonchev–Trinajstić information content (AvgIpc) is 2.81. The van der Waals surface area contributed by atoms with E-state index in [1.807, 2.05) is 19.9 Å². The molecule has 2 aliphatic rings. The first-order chi connectivity index (χ1) is 9.46. The first kappa shape index (κ1) is 12.7. The van der Waals surface area contributed by atoms with Crippen molar-refractivity contribution in [2.24, 2.45) is 5.92 Å². The number of urea groups is 1. The zero-order valence-corrected chi connectivity index (χ0v) is 11.3. The van der Waals surface area contributed by atoms with E-state index in [1.54, 1.807) is 23.1 Å². The quantitative estimate of drug-likeness (QED) is 0.615.